The van der Waals surface area contributed by atoms with E-state index in [2.05, 4.69) is 31.4 Å². The van der Waals surface area contributed by atoms with Crippen molar-refractivity contribution in [1.29, 1.82) is 0 Å². The molecular formula is C30H30N2O6. The van der Waals surface area contributed by atoms with Gasteiger partial charge in [0.25, 0.3) is 11.8 Å². The Bertz CT molecular complexity index is 1670. The van der Waals surface area contributed by atoms with E-state index in [9.17, 15) is 19.2 Å². The number of nitrogens with one attached hydrogen (secondary N) is 2. The van der Waals surface area contributed by atoms with E-state index in [1.54, 1.807) is 48.5 Å². The Hall–Kier alpha value is -4.20. The van der Waals surface area contributed by atoms with Crippen LogP contribution < -0.4 is 21.9 Å². The number of para-hydroxylation sites is 2. The lowest BCUT2D eigenvalue weighted by Gasteiger charge is -2.47. The van der Waals surface area contributed by atoms with Gasteiger partial charge in [-0.1, -0.05) is 57.2 Å². The van der Waals surface area contributed by atoms with Crippen LogP contribution in [0, 0.1) is 10.8 Å². The lowest BCUT2D eigenvalue weighted by molar-refractivity contribution is 0.0590. The predicted octanol–water partition coefficient (Wildman–Crippen LogP) is 4.64. The minimum absolute atomic E-state index is 0.0369. The van der Waals surface area contributed by atoms with E-state index in [4.69, 9.17) is 8.83 Å². The van der Waals surface area contributed by atoms with Gasteiger partial charge >= 0.3 is 11.3 Å². The van der Waals surface area contributed by atoms with Gasteiger partial charge < -0.3 is 19.5 Å². The van der Waals surface area contributed by atoms with Gasteiger partial charge in [0.2, 0.25) is 0 Å². The molecule has 2 amide bonds. The molecule has 4 aromatic rings. The first-order valence-corrected chi connectivity index (χ1v) is 12.7. The van der Waals surface area contributed by atoms with Crippen molar-refractivity contribution in [3.05, 3.63) is 92.6 Å². The van der Waals surface area contributed by atoms with Gasteiger partial charge in [-0.3, -0.25) is 9.59 Å². The second kappa shape index (κ2) is 9.59. The molecule has 38 heavy (non-hydrogen) atoms. The lowest BCUT2D eigenvalue weighted by Crippen LogP contribution is -2.51. The minimum atomic E-state index is -0.685. The molecule has 1 fully saturated rings. The van der Waals surface area contributed by atoms with Crippen LogP contribution in [0.15, 0.2) is 79.1 Å². The van der Waals surface area contributed by atoms with Gasteiger partial charge in [0, 0.05) is 23.4 Å². The molecule has 2 heterocycles. The number of fused-ring (bicyclic) bond motifs is 2. The second-order valence-electron chi connectivity index (χ2n) is 11.4. The number of benzene rings is 2. The fraction of sp³-hybridized carbons (Fsp3) is 0.333. The first-order valence-electron chi connectivity index (χ1n) is 12.7. The third-order valence-corrected chi connectivity index (χ3v) is 7.23. The van der Waals surface area contributed by atoms with E-state index in [0.717, 1.165) is 12.8 Å². The fourth-order valence-electron chi connectivity index (χ4n) is 5.96. The Morgan fingerprint density at radius 1 is 0.816 bits per heavy atom. The monoisotopic (exact) mass is 514 g/mol. The van der Waals surface area contributed by atoms with E-state index in [1.165, 1.54) is 0 Å². The summed E-state index contributed by atoms with van der Waals surface area (Å²) in [5.74, 6) is -0.976. The van der Waals surface area contributed by atoms with Crippen LogP contribution in [0.1, 0.15) is 60.7 Å². The summed E-state index contributed by atoms with van der Waals surface area (Å²) < 4.78 is 10.6. The third kappa shape index (κ3) is 5.25. The highest BCUT2D eigenvalue weighted by Gasteiger charge is 2.42. The molecule has 1 aliphatic carbocycles. The lowest BCUT2D eigenvalue weighted by atomic mass is 9.62. The first-order chi connectivity index (χ1) is 18.0. The number of carbonyl (C=O) groups is 2. The Morgan fingerprint density at radius 2 is 1.34 bits per heavy atom. The number of amides is 2. The molecule has 1 aliphatic rings. The number of hydrogen-bond acceptors (Lipinski definition) is 6. The smallest absolute Gasteiger partial charge is 0.349 e. The molecule has 0 aliphatic heterocycles. The van der Waals surface area contributed by atoms with Crippen LogP contribution in [-0.4, -0.2) is 24.4 Å². The van der Waals surface area contributed by atoms with Gasteiger partial charge in [0.05, 0.1) is 0 Å². The summed E-state index contributed by atoms with van der Waals surface area (Å²) in [4.78, 5) is 51.0. The topological polar surface area (TPSA) is 119 Å². The molecule has 8 heteroatoms. The summed E-state index contributed by atoms with van der Waals surface area (Å²) in [6, 6.07) is 17.0. The fourth-order valence-corrected chi connectivity index (χ4v) is 5.96. The Morgan fingerprint density at radius 3 is 1.92 bits per heavy atom. The van der Waals surface area contributed by atoms with Crippen molar-refractivity contribution in [1.82, 2.24) is 10.6 Å². The summed E-state index contributed by atoms with van der Waals surface area (Å²) in [5.41, 5.74) is -1.09. The van der Waals surface area contributed by atoms with Gasteiger partial charge in [-0.2, -0.15) is 0 Å². The maximum absolute atomic E-state index is 13.1. The molecular weight excluding hydrogens is 484 g/mol. The molecule has 2 aromatic heterocycles. The number of carbonyl (C=O) groups excluding carboxylic acids is 2. The van der Waals surface area contributed by atoms with Crippen LogP contribution in [0.25, 0.3) is 21.9 Å². The average molecular weight is 515 g/mol. The largest absolute Gasteiger partial charge is 0.422 e. The highest BCUT2D eigenvalue weighted by molar-refractivity contribution is 5.97. The molecule has 0 unspecified atom stereocenters. The minimum Gasteiger partial charge on any atom is -0.422 e. The molecule has 0 spiro atoms. The highest BCUT2D eigenvalue weighted by Crippen LogP contribution is 2.45. The van der Waals surface area contributed by atoms with Crippen molar-refractivity contribution >= 4 is 33.8 Å². The predicted molar refractivity (Wildman–Crippen MR) is 144 cm³/mol. The normalized spacial score (nSPS) is 20.8. The Labute approximate surface area is 219 Å². The molecule has 2 aromatic carbocycles. The van der Waals surface area contributed by atoms with Crippen molar-refractivity contribution in [3.63, 3.8) is 0 Å². The Kier molecular flexibility index (Phi) is 6.42. The average Bonchev–Trinajstić information content (AvgIpc) is 2.85. The van der Waals surface area contributed by atoms with Crippen LogP contribution in [0.5, 0.6) is 0 Å². The molecule has 196 valence electrons. The summed E-state index contributed by atoms with van der Waals surface area (Å²) in [6.07, 6.45) is 2.11. The van der Waals surface area contributed by atoms with Crippen LogP contribution >= 0.6 is 0 Å². The zero-order chi connectivity index (χ0) is 27.1. The van der Waals surface area contributed by atoms with Crippen molar-refractivity contribution in [3.8, 4) is 0 Å². The van der Waals surface area contributed by atoms with Crippen LogP contribution in [-0.2, 0) is 0 Å². The van der Waals surface area contributed by atoms with Crippen LogP contribution in [0.2, 0.25) is 0 Å². The van der Waals surface area contributed by atoms with Crippen molar-refractivity contribution in [2.75, 3.05) is 6.54 Å². The molecule has 8 nitrogen and oxygen atoms in total. The summed E-state index contributed by atoms with van der Waals surface area (Å²) in [6.45, 7) is 6.61. The molecule has 1 saturated carbocycles. The molecule has 2 atom stereocenters. The molecule has 0 bridgehead atoms. The maximum atomic E-state index is 13.1. The molecule has 2 N–H and O–H groups in total. The van der Waals surface area contributed by atoms with Gasteiger partial charge in [-0.05, 0) is 54.4 Å². The van der Waals surface area contributed by atoms with Crippen molar-refractivity contribution in [2.45, 2.75) is 46.1 Å². The van der Waals surface area contributed by atoms with E-state index in [1.807, 2.05) is 12.1 Å². The van der Waals surface area contributed by atoms with Gasteiger partial charge in [0.1, 0.15) is 22.3 Å². The molecule has 0 radical (unpaired) electrons. The van der Waals surface area contributed by atoms with Crippen molar-refractivity contribution in [2.24, 2.45) is 10.8 Å². The van der Waals surface area contributed by atoms with E-state index < -0.39 is 23.1 Å². The van der Waals surface area contributed by atoms with Gasteiger partial charge in [-0.25, -0.2) is 9.59 Å². The highest BCUT2D eigenvalue weighted by atomic mass is 16.4. The summed E-state index contributed by atoms with van der Waals surface area (Å²) >= 11 is 0. The van der Waals surface area contributed by atoms with Gasteiger partial charge in [0.15, 0.2) is 0 Å². The molecule has 5 rings (SSSR count). The van der Waals surface area contributed by atoms with E-state index in [0.29, 0.717) is 34.9 Å². The quantitative estimate of drug-likeness (QED) is 0.375. The second-order valence-corrected chi connectivity index (χ2v) is 11.4. The Balaban J connectivity index is 1.31. The summed E-state index contributed by atoms with van der Waals surface area (Å²) in [7, 11) is 0. The van der Waals surface area contributed by atoms with E-state index >= 15 is 0 Å². The van der Waals surface area contributed by atoms with E-state index in [-0.39, 0.29) is 28.0 Å². The maximum Gasteiger partial charge on any atom is 0.349 e. The SMILES string of the molecule is CC1(C)C[C@H](NC(=O)c2cc3ccccc3oc2=O)C[C@](C)(CNC(=O)c2cc3ccccc3oc2=O)C1. The van der Waals surface area contributed by atoms with Gasteiger partial charge in [-0.15, -0.1) is 0 Å². The molecule has 0 saturated heterocycles. The van der Waals surface area contributed by atoms with Crippen molar-refractivity contribution < 1.29 is 18.4 Å². The zero-order valence-electron chi connectivity index (χ0n) is 21.6. The number of hydrogen-bond donors (Lipinski definition) is 2. The first kappa shape index (κ1) is 25.4. The third-order valence-electron chi connectivity index (χ3n) is 7.23. The number of rotatable bonds is 5. The van der Waals surface area contributed by atoms with Crippen LogP contribution in [0.4, 0.5) is 0 Å². The van der Waals surface area contributed by atoms with Crippen LogP contribution in [0.3, 0.4) is 0 Å². The zero-order valence-corrected chi connectivity index (χ0v) is 21.6. The standard InChI is InChI=1S/C30H30N2O6/c1-29(2)14-20(32-26(34)22-13-19-9-5-7-11-24(19)38-28(22)36)15-30(3,16-29)17-31-25(33)21-12-18-8-4-6-10-23(18)37-27(21)35/h4-13,20H,14-17H2,1-3H3,(H,31,33)(H,32,34)/t20-,30-/m0/s1. The summed E-state index contributed by atoms with van der Waals surface area (Å²) in [5, 5.41) is 7.28.